The Bertz CT molecular complexity index is 419. The van der Waals surface area contributed by atoms with Crippen LogP contribution in [0.4, 0.5) is 4.39 Å². The highest BCUT2D eigenvalue weighted by Crippen LogP contribution is 2.46. The number of fused-ring (bicyclic) bond motifs is 2. The Kier molecular flexibility index (Phi) is 3.86. The van der Waals surface area contributed by atoms with Gasteiger partial charge >= 0.3 is 0 Å². The number of thioether (sulfide) groups is 1. The number of benzene rings is 1. The van der Waals surface area contributed by atoms with E-state index in [4.69, 9.17) is 0 Å². The molecule has 2 aliphatic heterocycles. The highest BCUT2D eigenvalue weighted by Gasteiger charge is 2.40. The summed E-state index contributed by atoms with van der Waals surface area (Å²) in [6.45, 7) is 0. The maximum Gasteiger partial charge on any atom is 0.123 e. The van der Waals surface area contributed by atoms with Crippen molar-refractivity contribution in [3.63, 3.8) is 0 Å². The predicted octanol–water partition coefficient (Wildman–Crippen LogP) is 3.94. The molecule has 3 rings (SSSR count). The van der Waals surface area contributed by atoms with Gasteiger partial charge in [0.15, 0.2) is 0 Å². The molecule has 2 saturated heterocycles. The summed E-state index contributed by atoms with van der Waals surface area (Å²) in [6.07, 6.45) is 7.40. The lowest BCUT2D eigenvalue weighted by Crippen LogP contribution is -2.43. The van der Waals surface area contributed by atoms with E-state index in [0.717, 1.165) is 31.2 Å². The fraction of sp³-hybridized carbons (Fsp3) is 0.625. The zero-order valence-corrected chi connectivity index (χ0v) is 12.0. The molecule has 2 heterocycles. The minimum Gasteiger partial charge on any atom is -0.390 e. The number of halogens is 1. The van der Waals surface area contributed by atoms with Gasteiger partial charge in [-0.3, -0.25) is 0 Å². The van der Waals surface area contributed by atoms with Crippen LogP contribution in [0.15, 0.2) is 24.3 Å². The largest absolute Gasteiger partial charge is 0.390 e. The van der Waals surface area contributed by atoms with E-state index in [1.165, 1.54) is 31.4 Å². The summed E-state index contributed by atoms with van der Waals surface area (Å²) in [5.41, 5.74) is 0.633. The van der Waals surface area contributed by atoms with Crippen molar-refractivity contribution in [1.82, 2.24) is 0 Å². The molecular weight excluding hydrogens is 259 g/mol. The van der Waals surface area contributed by atoms with Crippen LogP contribution >= 0.6 is 11.8 Å². The predicted molar refractivity (Wildman–Crippen MR) is 77.9 cm³/mol. The Labute approximate surface area is 118 Å². The van der Waals surface area contributed by atoms with Crippen molar-refractivity contribution in [3.8, 4) is 0 Å². The molecule has 19 heavy (non-hydrogen) atoms. The van der Waals surface area contributed by atoms with Gasteiger partial charge in [-0.1, -0.05) is 18.6 Å². The molecule has 2 atom stereocenters. The molecule has 2 aliphatic rings. The smallest absolute Gasteiger partial charge is 0.123 e. The first-order chi connectivity index (χ1) is 9.13. The Morgan fingerprint density at radius 1 is 1.16 bits per heavy atom. The van der Waals surface area contributed by atoms with Crippen LogP contribution in [0.3, 0.4) is 0 Å². The molecule has 104 valence electrons. The van der Waals surface area contributed by atoms with Crippen LogP contribution in [-0.4, -0.2) is 21.2 Å². The molecular formula is C16H21FOS. The van der Waals surface area contributed by atoms with Crippen LogP contribution in [0.2, 0.25) is 0 Å². The minimum atomic E-state index is -0.491. The molecule has 1 aromatic rings. The van der Waals surface area contributed by atoms with Gasteiger partial charge in [-0.2, -0.15) is 11.8 Å². The molecule has 0 aliphatic carbocycles. The van der Waals surface area contributed by atoms with E-state index in [9.17, 15) is 9.50 Å². The van der Waals surface area contributed by atoms with Gasteiger partial charge < -0.3 is 5.11 Å². The maximum atomic E-state index is 12.9. The Hall–Kier alpha value is -0.540. The lowest BCUT2D eigenvalue weighted by atomic mass is 9.81. The van der Waals surface area contributed by atoms with Gasteiger partial charge in [0.25, 0.3) is 0 Å². The van der Waals surface area contributed by atoms with Gasteiger partial charge in [-0.25, -0.2) is 4.39 Å². The van der Waals surface area contributed by atoms with E-state index < -0.39 is 5.60 Å². The molecule has 1 nitrogen and oxygen atoms in total. The molecule has 0 spiro atoms. The number of hydrogen-bond acceptors (Lipinski definition) is 2. The summed E-state index contributed by atoms with van der Waals surface area (Å²) >= 11 is 2.09. The second-order valence-electron chi connectivity index (χ2n) is 6.07. The van der Waals surface area contributed by atoms with Gasteiger partial charge in [0.05, 0.1) is 5.60 Å². The molecule has 3 heteroatoms. The SMILES string of the molecule is OC1(CCc2ccc(F)cc2)CC2CCCC(C1)S2. The van der Waals surface area contributed by atoms with Crippen molar-refractivity contribution < 1.29 is 9.50 Å². The van der Waals surface area contributed by atoms with Crippen LogP contribution in [0.25, 0.3) is 0 Å². The molecule has 0 aromatic heterocycles. The minimum absolute atomic E-state index is 0.189. The Morgan fingerprint density at radius 2 is 1.79 bits per heavy atom. The van der Waals surface area contributed by atoms with Gasteiger partial charge in [0.1, 0.15) is 5.82 Å². The second-order valence-corrected chi connectivity index (χ2v) is 7.68. The molecule has 0 saturated carbocycles. The van der Waals surface area contributed by atoms with Gasteiger partial charge in [-0.15, -0.1) is 0 Å². The van der Waals surface area contributed by atoms with Crippen molar-refractivity contribution >= 4 is 11.8 Å². The first-order valence-corrected chi connectivity index (χ1v) is 8.20. The number of rotatable bonds is 3. The molecule has 2 fully saturated rings. The third-order valence-corrected chi connectivity index (χ3v) is 6.02. The van der Waals surface area contributed by atoms with Crippen LogP contribution < -0.4 is 0 Å². The number of hydrogen-bond donors (Lipinski definition) is 1. The monoisotopic (exact) mass is 280 g/mol. The average Bonchev–Trinajstić information content (AvgIpc) is 2.37. The molecule has 0 amide bonds. The van der Waals surface area contributed by atoms with Crippen molar-refractivity contribution in [1.29, 1.82) is 0 Å². The second kappa shape index (κ2) is 5.45. The van der Waals surface area contributed by atoms with Crippen molar-refractivity contribution in [2.75, 3.05) is 0 Å². The quantitative estimate of drug-likeness (QED) is 0.905. The molecule has 0 radical (unpaired) electrons. The van der Waals surface area contributed by atoms with Gasteiger partial charge in [0.2, 0.25) is 0 Å². The number of aryl methyl sites for hydroxylation is 1. The third-order valence-electron chi connectivity index (χ3n) is 4.44. The normalized spacial score (nSPS) is 34.2. The summed E-state index contributed by atoms with van der Waals surface area (Å²) in [7, 11) is 0. The molecule has 2 unspecified atom stereocenters. The maximum absolute atomic E-state index is 12.9. The summed E-state index contributed by atoms with van der Waals surface area (Å²) in [5.74, 6) is -0.189. The van der Waals surface area contributed by atoms with E-state index in [1.54, 1.807) is 0 Å². The van der Waals surface area contributed by atoms with Crippen LogP contribution in [0.5, 0.6) is 0 Å². The van der Waals surface area contributed by atoms with E-state index in [-0.39, 0.29) is 5.82 Å². The van der Waals surface area contributed by atoms with Gasteiger partial charge in [0, 0.05) is 10.5 Å². The number of aliphatic hydroxyl groups is 1. The van der Waals surface area contributed by atoms with Gasteiger partial charge in [-0.05, 0) is 56.2 Å². The fourth-order valence-electron chi connectivity index (χ4n) is 3.44. The van der Waals surface area contributed by atoms with Crippen molar-refractivity contribution in [3.05, 3.63) is 35.6 Å². The van der Waals surface area contributed by atoms with Crippen molar-refractivity contribution in [2.45, 2.75) is 61.0 Å². The molecule has 2 bridgehead atoms. The zero-order valence-electron chi connectivity index (χ0n) is 11.1. The highest BCUT2D eigenvalue weighted by atomic mass is 32.2. The lowest BCUT2D eigenvalue weighted by molar-refractivity contribution is 0.00489. The first-order valence-electron chi connectivity index (χ1n) is 7.25. The average molecular weight is 280 g/mol. The summed E-state index contributed by atoms with van der Waals surface area (Å²) in [6, 6.07) is 6.67. The lowest BCUT2D eigenvalue weighted by Gasteiger charge is -2.44. The topological polar surface area (TPSA) is 20.2 Å². The molecule has 1 aromatic carbocycles. The summed E-state index contributed by atoms with van der Waals surface area (Å²) in [5, 5.41) is 12.1. The van der Waals surface area contributed by atoms with Crippen LogP contribution in [-0.2, 0) is 6.42 Å². The van der Waals surface area contributed by atoms with Crippen LogP contribution in [0.1, 0.15) is 44.1 Å². The van der Waals surface area contributed by atoms with Crippen LogP contribution in [0, 0.1) is 5.82 Å². The zero-order chi connectivity index (χ0) is 13.3. The molecule has 1 N–H and O–H groups in total. The fourth-order valence-corrected chi connectivity index (χ4v) is 5.41. The summed E-state index contributed by atoms with van der Waals surface area (Å²) < 4.78 is 12.9. The van der Waals surface area contributed by atoms with E-state index in [0.29, 0.717) is 10.5 Å². The van der Waals surface area contributed by atoms with E-state index in [1.807, 2.05) is 12.1 Å². The Morgan fingerprint density at radius 3 is 2.42 bits per heavy atom. The standard InChI is InChI=1S/C16H21FOS/c17-13-6-4-12(5-7-13)8-9-16(18)10-14-2-1-3-15(11-16)19-14/h4-7,14-15,18H,1-3,8-11H2. The third kappa shape index (κ3) is 3.32. The van der Waals surface area contributed by atoms with E-state index >= 15 is 0 Å². The summed E-state index contributed by atoms with van der Waals surface area (Å²) in [4.78, 5) is 0. The first kappa shape index (κ1) is 13.4. The Balaban J connectivity index is 1.60. The van der Waals surface area contributed by atoms with E-state index in [2.05, 4.69) is 11.8 Å². The van der Waals surface area contributed by atoms with Crippen molar-refractivity contribution in [2.24, 2.45) is 0 Å². The highest BCUT2D eigenvalue weighted by molar-refractivity contribution is 8.00.